The number of aliphatic hydroxyl groups excluding tert-OH is 1. The Bertz CT molecular complexity index is 1430. The summed E-state index contributed by atoms with van der Waals surface area (Å²) in [6.07, 6.45) is 0. The van der Waals surface area contributed by atoms with E-state index in [2.05, 4.69) is 0 Å². The number of halogens is 2. The number of anilines is 1. The number of methoxy groups -OCH3 is 2. The molecule has 0 radical (unpaired) electrons. The normalized spacial score (nSPS) is 16.9. The summed E-state index contributed by atoms with van der Waals surface area (Å²) in [6.45, 7) is 3.46. The number of rotatable bonds is 5. The van der Waals surface area contributed by atoms with Gasteiger partial charge >= 0.3 is 0 Å². The highest BCUT2D eigenvalue weighted by Crippen LogP contribution is 2.44. The van der Waals surface area contributed by atoms with Gasteiger partial charge in [-0.25, -0.2) is 8.78 Å². The SMILES string of the molecule is COc1cc(C)c(/C(O)=C2\C(=O)C(=O)N(c3ccc(F)c(F)c3)C2c2ccc(OC)c(O)c2)cc1C. The van der Waals surface area contributed by atoms with E-state index in [1.807, 2.05) is 0 Å². The van der Waals surface area contributed by atoms with Gasteiger partial charge in [-0.15, -0.1) is 0 Å². The fraction of sp³-hybridized carbons (Fsp3) is 0.185. The number of ketones is 1. The largest absolute Gasteiger partial charge is 0.507 e. The number of aromatic hydroxyl groups is 1. The van der Waals surface area contributed by atoms with Crippen LogP contribution in [0.5, 0.6) is 17.2 Å². The van der Waals surface area contributed by atoms with Gasteiger partial charge in [0.15, 0.2) is 23.1 Å². The van der Waals surface area contributed by atoms with Crippen LogP contribution in [0.1, 0.15) is 28.3 Å². The number of phenols is 1. The van der Waals surface area contributed by atoms with Crippen molar-refractivity contribution in [3.05, 3.63) is 88.0 Å². The van der Waals surface area contributed by atoms with Gasteiger partial charge < -0.3 is 19.7 Å². The molecule has 0 aromatic heterocycles. The minimum Gasteiger partial charge on any atom is -0.507 e. The van der Waals surface area contributed by atoms with Gasteiger partial charge in [0.1, 0.15) is 11.5 Å². The van der Waals surface area contributed by atoms with Gasteiger partial charge in [-0.2, -0.15) is 0 Å². The molecule has 3 aromatic rings. The summed E-state index contributed by atoms with van der Waals surface area (Å²) in [5, 5.41) is 21.7. The molecule has 186 valence electrons. The lowest BCUT2D eigenvalue weighted by atomic mass is 9.92. The molecule has 7 nitrogen and oxygen atoms in total. The maximum atomic E-state index is 14.1. The number of carbonyl (C=O) groups is 2. The minimum absolute atomic E-state index is 0.0991. The topological polar surface area (TPSA) is 96.3 Å². The van der Waals surface area contributed by atoms with Gasteiger partial charge in [-0.05, 0) is 66.9 Å². The van der Waals surface area contributed by atoms with E-state index in [-0.39, 0.29) is 28.3 Å². The van der Waals surface area contributed by atoms with E-state index in [1.165, 1.54) is 32.4 Å². The highest BCUT2D eigenvalue weighted by Gasteiger charge is 2.47. The van der Waals surface area contributed by atoms with Crippen LogP contribution in [0.15, 0.2) is 54.1 Å². The second-order valence-electron chi connectivity index (χ2n) is 8.34. The van der Waals surface area contributed by atoms with Crippen LogP contribution in [-0.4, -0.2) is 36.1 Å². The molecule has 1 saturated heterocycles. The number of aliphatic hydroxyl groups is 1. The second-order valence-corrected chi connectivity index (χ2v) is 8.34. The Morgan fingerprint density at radius 1 is 0.889 bits per heavy atom. The fourth-order valence-corrected chi connectivity index (χ4v) is 4.34. The molecule has 2 N–H and O–H groups in total. The summed E-state index contributed by atoms with van der Waals surface area (Å²) in [6, 6.07) is 9.04. The van der Waals surface area contributed by atoms with E-state index >= 15 is 0 Å². The fourth-order valence-electron chi connectivity index (χ4n) is 4.34. The number of Topliss-reactive ketones (excluding diaryl/α,β-unsaturated/α-hetero) is 1. The maximum absolute atomic E-state index is 14.1. The number of aryl methyl sites for hydroxylation is 2. The number of benzene rings is 3. The third-order valence-corrected chi connectivity index (χ3v) is 6.14. The molecule has 1 unspecified atom stereocenters. The average Bonchev–Trinajstić information content (AvgIpc) is 3.11. The van der Waals surface area contributed by atoms with E-state index in [1.54, 1.807) is 26.0 Å². The second kappa shape index (κ2) is 9.33. The summed E-state index contributed by atoms with van der Waals surface area (Å²) in [7, 11) is 2.86. The van der Waals surface area contributed by atoms with Crippen LogP contribution >= 0.6 is 0 Å². The van der Waals surface area contributed by atoms with Crippen LogP contribution in [0.2, 0.25) is 0 Å². The minimum atomic E-state index is -1.26. The van der Waals surface area contributed by atoms with E-state index in [4.69, 9.17) is 9.47 Å². The summed E-state index contributed by atoms with van der Waals surface area (Å²) in [5.41, 5.74) is 1.41. The first-order valence-corrected chi connectivity index (χ1v) is 10.9. The predicted octanol–water partition coefficient (Wildman–Crippen LogP) is 4.93. The van der Waals surface area contributed by atoms with Crippen molar-refractivity contribution >= 4 is 23.1 Å². The molecule has 1 amide bonds. The molecule has 0 bridgehead atoms. The number of phenolic OH excluding ortho intramolecular Hbond substituents is 1. The Morgan fingerprint density at radius 2 is 1.58 bits per heavy atom. The Hall–Kier alpha value is -4.40. The molecule has 1 aliphatic heterocycles. The molecule has 3 aromatic carbocycles. The number of nitrogens with zero attached hydrogens (tertiary/aromatic N) is 1. The Balaban J connectivity index is 2.00. The zero-order chi connectivity index (χ0) is 26.3. The quantitative estimate of drug-likeness (QED) is 0.296. The van der Waals surface area contributed by atoms with Crippen molar-refractivity contribution in [3.8, 4) is 17.2 Å². The zero-order valence-corrected chi connectivity index (χ0v) is 19.9. The van der Waals surface area contributed by atoms with Gasteiger partial charge in [0.05, 0.1) is 25.8 Å². The monoisotopic (exact) mass is 495 g/mol. The van der Waals surface area contributed by atoms with Crippen molar-refractivity contribution < 1.29 is 38.1 Å². The zero-order valence-electron chi connectivity index (χ0n) is 19.9. The number of ether oxygens (including phenoxy) is 2. The number of hydrogen-bond donors (Lipinski definition) is 2. The molecule has 0 spiro atoms. The first kappa shape index (κ1) is 24.7. The van der Waals surface area contributed by atoms with Crippen molar-refractivity contribution in [2.75, 3.05) is 19.1 Å². The number of hydrogen-bond acceptors (Lipinski definition) is 6. The molecule has 1 aliphatic rings. The molecule has 9 heteroatoms. The van der Waals surface area contributed by atoms with Crippen molar-refractivity contribution in [1.29, 1.82) is 0 Å². The van der Waals surface area contributed by atoms with Gasteiger partial charge in [0, 0.05) is 17.3 Å². The van der Waals surface area contributed by atoms with Crippen molar-refractivity contribution in [2.24, 2.45) is 0 Å². The lowest BCUT2D eigenvalue weighted by Crippen LogP contribution is -2.29. The highest BCUT2D eigenvalue weighted by atomic mass is 19.2. The summed E-state index contributed by atoms with van der Waals surface area (Å²) in [5.74, 6) is -4.43. The summed E-state index contributed by atoms with van der Waals surface area (Å²) < 4.78 is 38.1. The molecule has 1 fully saturated rings. The van der Waals surface area contributed by atoms with Gasteiger partial charge in [0.2, 0.25) is 0 Å². The van der Waals surface area contributed by atoms with Crippen LogP contribution in [0.3, 0.4) is 0 Å². The average molecular weight is 495 g/mol. The molecule has 0 saturated carbocycles. The third-order valence-electron chi connectivity index (χ3n) is 6.14. The van der Waals surface area contributed by atoms with Crippen molar-refractivity contribution in [1.82, 2.24) is 0 Å². The summed E-state index contributed by atoms with van der Waals surface area (Å²) in [4.78, 5) is 27.4. The Morgan fingerprint density at radius 3 is 2.19 bits per heavy atom. The molecule has 0 aliphatic carbocycles. The molecule has 36 heavy (non-hydrogen) atoms. The van der Waals surface area contributed by atoms with Crippen LogP contribution < -0.4 is 14.4 Å². The third kappa shape index (κ3) is 4.02. The lowest BCUT2D eigenvalue weighted by Gasteiger charge is -2.26. The van der Waals surface area contributed by atoms with Crippen LogP contribution in [0.4, 0.5) is 14.5 Å². The van der Waals surface area contributed by atoms with Gasteiger partial charge in [-0.3, -0.25) is 14.5 Å². The van der Waals surface area contributed by atoms with Crippen molar-refractivity contribution in [3.63, 3.8) is 0 Å². The predicted molar refractivity (Wildman–Crippen MR) is 128 cm³/mol. The van der Waals surface area contributed by atoms with Crippen LogP contribution in [-0.2, 0) is 9.59 Å². The first-order chi connectivity index (χ1) is 17.1. The van der Waals surface area contributed by atoms with Gasteiger partial charge in [-0.1, -0.05) is 6.07 Å². The van der Waals surface area contributed by atoms with E-state index in [0.29, 0.717) is 22.4 Å². The Labute approximate surface area is 205 Å². The Kier molecular flexibility index (Phi) is 6.41. The van der Waals surface area contributed by atoms with Crippen molar-refractivity contribution in [2.45, 2.75) is 19.9 Å². The van der Waals surface area contributed by atoms with E-state index in [9.17, 15) is 28.6 Å². The summed E-state index contributed by atoms with van der Waals surface area (Å²) >= 11 is 0. The standard InChI is InChI=1S/C27H23F2NO6/c1-13-10-22(36-4)14(2)9-17(13)25(32)23-24(15-5-8-21(35-3)20(31)11-15)30(27(34)26(23)33)16-6-7-18(28)19(29)12-16/h5-12,24,31-32H,1-4H3/b25-23+. The molecular weight excluding hydrogens is 472 g/mol. The van der Waals surface area contributed by atoms with Gasteiger partial charge in [0.25, 0.3) is 11.7 Å². The van der Waals surface area contributed by atoms with Crippen LogP contribution in [0, 0.1) is 25.5 Å². The lowest BCUT2D eigenvalue weighted by molar-refractivity contribution is -0.132. The first-order valence-electron chi connectivity index (χ1n) is 10.9. The smallest absolute Gasteiger partial charge is 0.300 e. The van der Waals surface area contributed by atoms with E-state index < -0.39 is 35.1 Å². The molecule has 1 heterocycles. The van der Waals surface area contributed by atoms with E-state index in [0.717, 1.165) is 23.1 Å². The maximum Gasteiger partial charge on any atom is 0.300 e. The molecule has 1 atom stereocenters. The highest BCUT2D eigenvalue weighted by molar-refractivity contribution is 6.51. The number of amides is 1. The van der Waals surface area contributed by atoms with Crippen LogP contribution in [0.25, 0.3) is 5.76 Å². The molecule has 4 rings (SSSR count). The molecular formula is C27H23F2NO6. The number of carbonyl (C=O) groups excluding carboxylic acids is 2.